The number of carbonyl (C=O) groups is 2. The number of para-hydroxylation sites is 1. The van der Waals surface area contributed by atoms with Crippen LogP contribution in [0, 0.1) is 0 Å². The van der Waals surface area contributed by atoms with Gasteiger partial charge in [0.2, 0.25) is 0 Å². The van der Waals surface area contributed by atoms with Crippen LogP contribution in [0.5, 0.6) is 11.5 Å². The molecule has 0 bridgehead atoms. The molecule has 5 heteroatoms. The number of halogens is 1. The van der Waals surface area contributed by atoms with Crippen molar-refractivity contribution in [1.29, 1.82) is 0 Å². The number of hydrogen-bond donors (Lipinski definition) is 0. The summed E-state index contributed by atoms with van der Waals surface area (Å²) in [5, 5.41) is -0.0733. The maximum absolute atomic E-state index is 12.8. The van der Waals surface area contributed by atoms with Crippen LogP contribution < -0.4 is 9.64 Å². The van der Waals surface area contributed by atoms with E-state index < -0.39 is 11.8 Å². The van der Waals surface area contributed by atoms with Crippen LogP contribution in [0.1, 0.15) is 5.56 Å². The maximum Gasteiger partial charge on any atom is 0.277 e. The van der Waals surface area contributed by atoms with Gasteiger partial charge in [0.15, 0.2) is 0 Å². The molecule has 27 heavy (non-hydrogen) atoms. The molecule has 0 unspecified atom stereocenters. The van der Waals surface area contributed by atoms with E-state index in [0.717, 1.165) is 4.90 Å². The molecule has 0 aromatic heterocycles. The van der Waals surface area contributed by atoms with Crippen molar-refractivity contribution in [1.82, 2.24) is 0 Å². The fraction of sp³-hybridized carbons (Fsp3) is 0. The van der Waals surface area contributed by atoms with E-state index in [1.165, 1.54) is 0 Å². The standard InChI is InChI=1S/C22H14ClNO3/c23-20-19(15-7-3-1-4-8-15)21(25)24(22(20)26)16-11-13-18(14-12-16)27-17-9-5-2-6-10-17/h1-14H. The molecule has 2 amide bonds. The van der Waals surface area contributed by atoms with Gasteiger partial charge in [-0.05, 0) is 42.0 Å². The lowest BCUT2D eigenvalue weighted by Gasteiger charge is -2.15. The van der Waals surface area contributed by atoms with Crippen molar-refractivity contribution in [3.8, 4) is 11.5 Å². The fourth-order valence-corrected chi connectivity index (χ4v) is 3.15. The van der Waals surface area contributed by atoms with Gasteiger partial charge in [-0.25, -0.2) is 4.90 Å². The summed E-state index contributed by atoms with van der Waals surface area (Å²) in [6, 6.07) is 25.0. The first-order chi connectivity index (χ1) is 13.1. The molecule has 0 saturated carbocycles. The summed E-state index contributed by atoms with van der Waals surface area (Å²) in [4.78, 5) is 26.5. The number of imide groups is 1. The van der Waals surface area contributed by atoms with E-state index in [1.54, 1.807) is 48.5 Å². The molecule has 4 nitrogen and oxygen atoms in total. The van der Waals surface area contributed by atoms with Crippen molar-refractivity contribution in [2.75, 3.05) is 4.90 Å². The van der Waals surface area contributed by atoms with Crippen LogP contribution in [0.25, 0.3) is 5.57 Å². The molecule has 0 fully saturated rings. The normalized spacial score (nSPS) is 14.0. The Bertz CT molecular complexity index is 1030. The third kappa shape index (κ3) is 3.23. The SMILES string of the molecule is O=C1C(Cl)=C(c2ccccc2)C(=O)N1c1ccc(Oc2ccccc2)cc1. The van der Waals surface area contributed by atoms with Crippen LogP contribution >= 0.6 is 11.6 Å². The highest BCUT2D eigenvalue weighted by Crippen LogP contribution is 2.35. The lowest BCUT2D eigenvalue weighted by Crippen LogP contribution is -2.31. The van der Waals surface area contributed by atoms with Gasteiger partial charge in [0, 0.05) is 0 Å². The van der Waals surface area contributed by atoms with E-state index in [-0.39, 0.29) is 10.6 Å². The van der Waals surface area contributed by atoms with Gasteiger partial charge >= 0.3 is 0 Å². The minimum Gasteiger partial charge on any atom is -0.457 e. The first kappa shape index (κ1) is 17.1. The molecule has 3 aromatic carbocycles. The predicted molar refractivity (Wildman–Crippen MR) is 105 cm³/mol. The van der Waals surface area contributed by atoms with E-state index in [0.29, 0.717) is 22.7 Å². The predicted octanol–water partition coefficient (Wildman–Crippen LogP) is 5.00. The van der Waals surface area contributed by atoms with Crippen LogP contribution in [0.2, 0.25) is 0 Å². The highest BCUT2D eigenvalue weighted by Gasteiger charge is 2.39. The van der Waals surface area contributed by atoms with Gasteiger partial charge in [0.25, 0.3) is 11.8 Å². The zero-order valence-electron chi connectivity index (χ0n) is 14.1. The topological polar surface area (TPSA) is 46.6 Å². The Morgan fingerprint density at radius 3 is 1.85 bits per heavy atom. The summed E-state index contributed by atoms with van der Waals surface area (Å²) in [7, 11) is 0. The van der Waals surface area contributed by atoms with Crippen molar-refractivity contribution in [2.24, 2.45) is 0 Å². The summed E-state index contributed by atoms with van der Waals surface area (Å²) in [6.45, 7) is 0. The van der Waals surface area contributed by atoms with Crippen LogP contribution in [-0.2, 0) is 9.59 Å². The second-order valence-electron chi connectivity index (χ2n) is 5.91. The van der Waals surface area contributed by atoms with Gasteiger partial charge in [-0.3, -0.25) is 9.59 Å². The van der Waals surface area contributed by atoms with Gasteiger partial charge in [-0.1, -0.05) is 60.1 Å². The van der Waals surface area contributed by atoms with Crippen molar-refractivity contribution < 1.29 is 14.3 Å². The first-order valence-electron chi connectivity index (χ1n) is 8.32. The third-order valence-corrected chi connectivity index (χ3v) is 4.51. The molecule has 0 radical (unpaired) electrons. The average Bonchev–Trinajstić information content (AvgIpc) is 2.93. The van der Waals surface area contributed by atoms with Gasteiger partial charge in [-0.2, -0.15) is 0 Å². The molecule has 3 aromatic rings. The van der Waals surface area contributed by atoms with E-state index in [1.807, 2.05) is 36.4 Å². The number of carbonyl (C=O) groups excluding carboxylic acids is 2. The summed E-state index contributed by atoms with van der Waals surface area (Å²) in [5.41, 5.74) is 1.27. The number of anilines is 1. The lowest BCUT2D eigenvalue weighted by molar-refractivity contribution is -0.119. The van der Waals surface area contributed by atoms with Crippen LogP contribution in [0.4, 0.5) is 5.69 Å². The maximum atomic E-state index is 12.8. The molecule has 0 spiro atoms. The monoisotopic (exact) mass is 375 g/mol. The van der Waals surface area contributed by atoms with E-state index in [9.17, 15) is 9.59 Å². The van der Waals surface area contributed by atoms with Crippen LogP contribution in [0.15, 0.2) is 90.0 Å². The minimum absolute atomic E-state index is 0.0733. The van der Waals surface area contributed by atoms with Crippen LogP contribution in [-0.4, -0.2) is 11.8 Å². The molecule has 0 saturated heterocycles. The third-order valence-electron chi connectivity index (χ3n) is 4.16. The minimum atomic E-state index is -0.530. The Labute approximate surface area is 161 Å². The Morgan fingerprint density at radius 2 is 1.22 bits per heavy atom. The van der Waals surface area contributed by atoms with E-state index in [2.05, 4.69) is 0 Å². The van der Waals surface area contributed by atoms with Gasteiger partial charge in [-0.15, -0.1) is 0 Å². The molecule has 0 atom stereocenters. The highest BCUT2D eigenvalue weighted by molar-refractivity contribution is 6.60. The van der Waals surface area contributed by atoms with Crippen molar-refractivity contribution in [2.45, 2.75) is 0 Å². The number of amides is 2. The summed E-state index contributed by atoms with van der Waals surface area (Å²) in [5.74, 6) is 0.339. The second-order valence-corrected chi connectivity index (χ2v) is 6.29. The molecule has 1 aliphatic heterocycles. The number of nitrogens with zero attached hydrogens (tertiary/aromatic N) is 1. The zero-order valence-corrected chi connectivity index (χ0v) is 14.9. The number of ether oxygens (including phenoxy) is 1. The van der Waals surface area contributed by atoms with Crippen molar-refractivity contribution >= 4 is 34.7 Å². The Hall–Kier alpha value is -3.37. The molecule has 132 valence electrons. The summed E-state index contributed by atoms with van der Waals surface area (Å²) in [6.07, 6.45) is 0. The molecule has 1 heterocycles. The molecule has 1 aliphatic rings. The van der Waals surface area contributed by atoms with Crippen molar-refractivity contribution in [3.05, 3.63) is 95.5 Å². The van der Waals surface area contributed by atoms with E-state index in [4.69, 9.17) is 16.3 Å². The Kier molecular flexibility index (Phi) is 4.48. The summed E-state index contributed by atoms with van der Waals surface area (Å²) >= 11 is 6.18. The molecular weight excluding hydrogens is 362 g/mol. The first-order valence-corrected chi connectivity index (χ1v) is 8.70. The molecule has 0 N–H and O–H groups in total. The zero-order chi connectivity index (χ0) is 18.8. The molecular formula is C22H14ClNO3. The Balaban J connectivity index is 1.59. The number of rotatable bonds is 4. The largest absolute Gasteiger partial charge is 0.457 e. The quantitative estimate of drug-likeness (QED) is 0.603. The van der Waals surface area contributed by atoms with Gasteiger partial charge < -0.3 is 4.74 Å². The summed E-state index contributed by atoms with van der Waals surface area (Å²) < 4.78 is 5.74. The highest BCUT2D eigenvalue weighted by atomic mass is 35.5. The molecule has 4 rings (SSSR count). The van der Waals surface area contributed by atoms with Crippen LogP contribution in [0.3, 0.4) is 0 Å². The van der Waals surface area contributed by atoms with Gasteiger partial charge in [0.05, 0.1) is 11.3 Å². The lowest BCUT2D eigenvalue weighted by atomic mass is 10.1. The number of benzene rings is 3. The fourth-order valence-electron chi connectivity index (χ4n) is 2.88. The number of hydrogen-bond acceptors (Lipinski definition) is 3. The van der Waals surface area contributed by atoms with E-state index >= 15 is 0 Å². The van der Waals surface area contributed by atoms with Crippen molar-refractivity contribution in [3.63, 3.8) is 0 Å². The second kappa shape index (κ2) is 7.09. The van der Waals surface area contributed by atoms with Gasteiger partial charge in [0.1, 0.15) is 16.5 Å². The smallest absolute Gasteiger partial charge is 0.277 e. The Morgan fingerprint density at radius 1 is 0.667 bits per heavy atom. The average molecular weight is 376 g/mol. The molecule has 0 aliphatic carbocycles.